The Morgan fingerprint density at radius 3 is 2.90 bits per heavy atom. The van der Waals surface area contributed by atoms with Crippen LogP contribution in [-0.4, -0.2) is 14.8 Å². The topological polar surface area (TPSA) is 42.7 Å². The normalized spacial score (nSPS) is 17.0. The van der Waals surface area contributed by atoms with E-state index in [1.165, 1.54) is 4.88 Å². The lowest BCUT2D eigenvalue weighted by atomic mass is 10.1. The van der Waals surface area contributed by atoms with Crippen LogP contribution in [0, 0.1) is 0 Å². The van der Waals surface area contributed by atoms with Crippen molar-refractivity contribution in [2.24, 2.45) is 0 Å². The summed E-state index contributed by atoms with van der Waals surface area (Å²) >= 11 is 8.01. The summed E-state index contributed by atoms with van der Waals surface area (Å²) in [5.41, 5.74) is 1.93. The summed E-state index contributed by atoms with van der Waals surface area (Å²) in [6.07, 6.45) is 3.70. The van der Waals surface area contributed by atoms with Gasteiger partial charge >= 0.3 is 0 Å². The Hall–Kier alpha value is -2.11. The van der Waals surface area contributed by atoms with Crippen molar-refractivity contribution in [2.45, 2.75) is 6.04 Å². The van der Waals surface area contributed by atoms with Gasteiger partial charge in [0, 0.05) is 21.2 Å². The maximum absolute atomic E-state index is 6.31. The lowest BCUT2D eigenvalue weighted by Gasteiger charge is -2.23. The molecule has 1 aliphatic heterocycles. The van der Waals surface area contributed by atoms with E-state index < -0.39 is 0 Å². The lowest BCUT2D eigenvalue weighted by molar-refractivity contribution is 0.620. The minimum Gasteiger partial charge on any atom is -0.324 e. The highest BCUT2D eigenvalue weighted by atomic mass is 35.5. The fraction of sp³-hybridized carbons (Fsp3) is 0.0667. The van der Waals surface area contributed by atoms with E-state index in [0.717, 1.165) is 17.2 Å². The maximum atomic E-state index is 6.31. The summed E-state index contributed by atoms with van der Waals surface area (Å²) < 4.78 is 1.88. The summed E-state index contributed by atoms with van der Waals surface area (Å²) in [7, 11) is 0. The van der Waals surface area contributed by atoms with Gasteiger partial charge < -0.3 is 5.32 Å². The number of thiophene rings is 1. The van der Waals surface area contributed by atoms with Gasteiger partial charge in [0.2, 0.25) is 5.95 Å². The first kappa shape index (κ1) is 12.6. The molecule has 0 unspecified atom stereocenters. The Labute approximate surface area is 130 Å². The van der Waals surface area contributed by atoms with E-state index in [1.54, 1.807) is 17.7 Å². The zero-order chi connectivity index (χ0) is 14.2. The highest BCUT2D eigenvalue weighted by Crippen LogP contribution is 2.35. The highest BCUT2D eigenvalue weighted by molar-refractivity contribution is 7.10. The van der Waals surface area contributed by atoms with Gasteiger partial charge in [-0.05, 0) is 23.6 Å². The van der Waals surface area contributed by atoms with E-state index in [1.807, 2.05) is 35.0 Å². The van der Waals surface area contributed by atoms with Gasteiger partial charge in [0.25, 0.3) is 0 Å². The fourth-order valence-corrected chi connectivity index (χ4v) is 3.45. The number of hydrogen-bond donors (Lipinski definition) is 1. The van der Waals surface area contributed by atoms with Crippen molar-refractivity contribution in [3.05, 3.63) is 69.6 Å². The molecule has 1 N–H and O–H groups in total. The molecule has 0 spiro atoms. The molecule has 4 rings (SSSR count). The van der Waals surface area contributed by atoms with Crippen molar-refractivity contribution in [3.8, 4) is 0 Å². The van der Waals surface area contributed by atoms with Crippen LogP contribution >= 0.6 is 22.9 Å². The van der Waals surface area contributed by atoms with Crippen molar-refractivity contribution in [1.82, 2.24) is 14.8 Å². The lowest BCUT2D eigenvalue weighted by Crippen LogP contribution is -2.19. The zero-order valence-electron chi connectivity index (χ0n) is 10.9. The molecule has 1 aromatic carbocycles. The van der Waals surface area contributed by atoms with Gasteiger partial charge in [0.1, 0.15) is 12.4 Å². The molecule has 104 valence electrons. The monoisotopic (exact) mass is 314 g/mol. The molecule has 0 aliphatic carbocycles. The zero-order valence-corrected chi connectivity index (χ0v) is 12.5. The van der Waals surface area contributed by atoms with Gasteiger partial charge in [0.15, 0.2) is 0 Å². The van der Waals surface area contributed by atoms with Crippen molar-refractivity contribution in [2.75, 3.05) is 5.32 Å². The molecule has 21 heavy (non-hydrogen) atoms. The number of anilines is 1. The van der Waals surface area contributed by atoms with Crippen molar-refractivity contribution >= 4 is 34.6 Å². The van der Waals surface area contributed by atoms with Crippen LogP contribution in [0.25, 0.3) is 5.70 Å². The largest absolute Gasteiger partial charge is 0.324 e. The average Bonchev–Trinajstić information content (AvgIpc) is 3.18. The van der Waals surface area contributed by atoms with Gasteiger partial charge in [-0.15, -0.1) is 11.3 Å². The van der Waals surface area contributed by atoms with E-state index in [2.05, 4.69) is 32.9 Å². The van der Waals surface area contributed by atoms with E-state index in [9.17, 15) is 0 Å². The second-order valence-corrected chi connectivity index (χ2v) is 6.06. The molecule has 0 saturated carbocycles. The number of hydrogen-bond acceptors (Lipinski definition) is 4. The summed E-state index contributed by atoms with van der Waals surface area (Å²) in [5.74, 6) is 0.728. The van der Waals surface area contributed by atoms with Gasteiger partial charge in [0.05, 0.1) is 0 Å². The molecular weight excluding hydrogens is 304 g/mol. The van der Waals surface area contributed by atoms with Crippen LogP contribution in [0.3, 0.4) is 0 Å². The van der Waals surface area contributed by atoms with E-state index in [4.69, 9.17) is 11.6 Å². The minimum atomic E-state index is 0.0371. The second-order valence-electron chi connectivity index (χ2n) is 4.67. The molecule has 0 fully saturated rings. The Kier molecular flexibility index (Phi) is 3.02. The predicted octanol–water partition coefficient (Wildman–Crippen LogP) is 4.05. The van der Waals surface area contributed by atoms with E-state index in [-0.39, 0.29) is 6.04 Å². The molecule has 4 nitrogen and oxygen atoms in total. The number of rotatable bonds is 2. The van der Waals surface area contributed by atoms with Gasteiger partial charge in [-0.1, -0.05) is 35.9 Å². The third-order valence-corrected chi connectivity index (χ3v) is 4.68. The molecule has 0 amide bonds. The maximum Gasteiger partial charge on any atom is 0.226 e. The first-order valence-electron chi connectivity index (χ1n) is 6.49. The minimum absolute atomic E-state index is 0.0371. The number of halogens is 1. The number of nitrogens with one attached hydrogen (secondary N) is 1. The van der Waals surface area contributed by atoms with Gasteiger partial charge in [-0.2, -0.15) is 10.1 Å². The van der Waals surface area contributed by atoms with Crippen LogP contribution in [0.1, 0.15) is 16.5 Å². The molecule has 6 heteroatoms. The van der Waals surface area contributed by atoms with Crippen LogP contribution in [0.4, 0.5) is 5.95 Å². The summed E-state index contributed by atoms with van der Waals surface area (Å²) in [5, 5.41) is 10.4. The van der Waals surface area contributed by atoms with Crippen LogP contribution in [-0.2, 0) is 0 Å². The Morgan fingerprint density at radius 1 is 1.19 bits per heavy atom. The Morgan fingerprint density at radius 2 is 2.10 bits per heavy atom. The third-order valence-electron chi connectivity index (χ3n) is 3.41. The molecule has 0 bridgehead atoms. The Bertz CT molecular complexity index is 807. The Balaban J connectivity index is 1.85. The summed E-state index contributed by atoms with van der Waals surface area (Å²) in [6.45, 7) is 0. The standard InChI is InChI=1S/C15H11ClN4S/c16-11-5-2-1-4-10(11)12-8-13(14-6-3-7-21-14)20-15(19-12)17-9-18-20/h1-9,13H,(H,17,18,19)/t13-/m0/s1. The van der Waals surface area contributed by atoms with Crippen LogP contribution in [0.15, 0.2) is 54.2 Å². The first-order chi connectivity index (χ1) is 10.3. The van der Waals surface area contributed by atoms with Gasteiger partial charge in [-0.25, -0.2) is 4.68 Å². The van der Waals surface area contributed by atoms with Crippen LogP contribution in [0.2, 0.25) is 5.02 Å². The SMILES string of the molecule is Clc1ccccc1C1=C[C@@H](c2cccs2)n2ncnc2N1. The number of aromatic nitrogens is 3. The molecule has 0 radical (unpaired) electrons. The second kappa shape index (κ2) is 5.02. The molecular formula is C15H11ClN4S. The van der Waals surface area contributed by atoms with Gasteiger partial charge in [-0.3, -0.25) is 0 Å². The summed E-state index contributed by atoms with van der Waals surface area (Å²) in [6, 6.07) is 12.0. The van der Waals surface area contributed by atoms with Crippen LogP contribution in [0.5, 0.6) is 0 Å². The first-order valence-corrected chi connectivity index (χ1v) is 7.75. The predicted molar refractivity (Wildman–Crippen MR) is 85.5 cm³/mol. The molecule has 0 saturated heterocycles. The van der Waals surface area contributed by atoms with Crippen molar-refractivity contribution < 1.29 is 0 Å². The molecule has 1 atom stereocenters. The highest BCUT2D eigenvalue weighted by Gasteiger charge is 2.24. The van der Waals surface area contributed by atoms with Crippen LogP contribution < -0.4 is 5.32 Å². The molecule has 2 aromatic heterocycles. The average molecular weight is 315 g/mol. The van der Waals surface area contributed by atoms with E-state index in [0.29, 0.717) is 5.02 Å². The number of nitrogens with zero attached hydrogens (tertiary/aromatic N) is 3. The fourth-order valence-electron chi connectivity index (χ4n) is 2.43. The third kappa shape index (κ3) is 2.14. The van der Waals surface area contributed by atoms with E-state index >= 15 is 0 Å². The molecule has 3 aromatic rings. The summed E-state index contributed by atoms with van der Waals surface area (Å²) in [4.78, 5) is 5.50. The quantitative estimate of drug-likeness (QED) is 0.776. The smallest absolute Gasteiger partial charge is 0.226 e. The van der Waals surface area contributed by atoms with Crippen molar-refractivity contribution in [1.29, 1.82) is 0 Å². The number of fused-ring (bicyclic) bond motifs is 1. The number of allylic oxidation sites excluding steroid dienone is 1. The van der Waals surface area contributed by atoms with Crippen molar-refractivity contribution in [3.63, 3.8) is 0 Å². The molecule has 3 heterocycles. The molecule has 1 aliphatic rings. The number of benzene rings is 1.